The summed E-state index contributed by atoms with van der Waals surface area (Å²) in [6.07, 6.45) is 0. The van der Waals surface area contributed by atoms with E-state index in [0.29, 0.717) is 0 Å². The van der Waals surface area contributed by atoms with E-state index in [2.05, 4.69) is 53.6 Å². The van der Waals surface area contributed by atoms with Crippen LogP contribution in [0.5, 0.6) is 0 Å². The second kappa shape index (κ2) is 2.82. The van der Waals surface area contributed by atoms with E-state index in [9.17, 15) is 0 Å². The zero-order valence-electron chi connectivity index (χ0n) is 9.45. The highest BCUT2D eigenvalue weighted by atomic mass is 15.1. The average Bonchev–Trinajstić information content (AvgIpc) is 1.81. The lowest BCUT2D eigenvalue weighted by Gasteiger charge is -2.46. The Hall–Kier alpha value is -0.400. The molecule has 0 fully saturated rings. The first kappa shape index (κ1) is 11.6. The zero-order chi connectivity index (χ0) is 10.2. The number of hydrogen-bond donors (Lipinski definition) is 1. The van der Waals surface area contributed by atoms with E-state index in [1.807, 2.05) is 0 Å². The summed E-state index contributed by atoms with van der Waals surface area (Å²) in [5.41, 5.74) is 7.07. The van der Waals surface area contributed by atoms with Crippen LogP contribution in [0.25, 0.3) is 0 Å². The topological polar surface area (TPSA) is 36.2 Å². The monoisotopic (exact) mass is 170 g/mol. The summed E-state index contributed by atoms with van der Waals surface area (Å²) in [4.78, 5) is 0. The van der Waals surface area contributed by atoms with Crippen LogP contribution in [0.15, 0.2) is 5.11 Å². The van der Waals surface area contributed by atoms with E-state index < -0.39 is 0 Å². The molecule has 0 spiro atoms. The third-order valence-electron chi connectivity index (χ3n) is 3.14. The van der Waals surface area contributed by atoms with Crippen molar-refractivity contribution >= 4 is 0 Å². The molecule has 0 aromatic heterocycles. The predicted octanol–water partition coefficient (Wildman–Crippen LogP) is 3.87. The van der Waals surface area contributed by atoms with Gasteiger partial charge in [-0.3, -0.25) is 0 Å². The summed E-state index contributed by atoms with van der Waals surface area (Å²) in [6, 6.07) is 0. The minimum Gasteiger partial charge on any atom is -0.209 e. The number of rotatable bonds is 1. The van der Waals surface area contributed by atoms with Crippen LogP contribution < -0.4 is 0 Å². The van der Waals surface area contributed by atoms with Crippen LogP contribution in [0.2, 0.25) is 0 Å². The molecule has 2 nitrogen and oxygen atoms in total. The maximum absolute atomic E-state index is 7.29. The maximum atomic E-state index is 7.29. The van der Waals surface area contributed by atoms with Crippen molar-refractivity contribution in [3.05, 3.63) is 0 Å². The van der Waals surface area contributed by atoms with Crippen molar-refractivity contribution < 1.29 is 0 Å². The highest BCUT2D eigenvalue weighted by molar-refractivity contribution is 5.01. The molecule has 72 valence electrons. The van der Waals surface area contributed by atoms with Crippen LogP contribution in [0.4, 0.5) is 0 Å². The first-order valence-corrected chi connectivity index (χ1v) is 4.45. The molecule has 0 heterocycles. The summed E-state index contributed by atoms with van der Waals surface area (Å²) >= 11 is 0. The van der Waals surface area contributed by atoms with Gasteiger partial charge in [-0.1, -0.05) is 41.5 Å². The van der Waals surface area contributed by atoms with Gasteiger partial charge in [0.2, 0.25) is 0 Å². The summed E-state index contributed by atoms with van der Waals surface area (Å²) < 4.78 is 0. The van der Waals surface area contributed by atoms with Crippen molar-refractivity contribution in [2.24, 2.45) is 15.9 Å². The van der Waals surface area contributed by atoms with Crippen LogP contribution in [0.3, 0.4) is 0 Å². The summed E-state index contributed by atoms with van der Waals surface area (Å²) in [5, 5.41) is 3.81. The van der Waals surface area contributed by atoms with Gasteiger partial charge in [0, 0.05) is 0 Å². The van der Waals surface area contributed by atoms with Gasteiger partial charge in [-0.2, -0.15) is 5.11 Å². The van der Waals surface area contributed by atoms with Gasteiger partial charge in [-0.25, -0.2) is 5.53 Å². The number of nitrogens with one attached hydrogen (secondary N) is 1. The van der Waals surface area contributed by atoms with Crippen LogP contribution in [-0.2, 0) is 0 Å². The molecule has 1 N–H and O–H groups in total. The zero-order valence-corrected chi connectivity index (χ0v) is 9.45. The van der Waals surface area contributed by atoms with Crippen molar-refractivity contribution in [1.82, 2.24) is 0 Å². The Morgan fingerprint density at radius 1 is 0.750 bits per heavy atom. The average molecular weight is 170 g/mol. The van der Waals surface area contributed by atoms with Crippen molar-refractivity contribution in [2.45, 2.75) is 54.0 Å². The predicted molar refractivity (Wildman–Crippen MR) is 52.5 cm³/mol. The van der Waals surface area contributed by atoms with Gasteiger partial charge in [0.05, 0.1) is 5.54 Å². The molecular formula is C10H22N2. The lowest BCUT2D eigenvalue weighted by Crippen LogP contribution is -2.48. The molecule has 12 heavy (non-hydrogen) atoms. The molecule has 0 saturated carbocycles. The van der Waals surface area contributed by atoms with E-state index in [1.165, 1.54) is 0 Å². The Kier molecular flexibility index (Phi) is 2.73. The Balaban J connectivity index is 5.09. The molecule has 0 amide bonds. The molecule has 0 aliphatic rings. The Labute approximate surface area is 76.3 Å². The first-order chi connectivity index (χ1) is 5.06. The third-order valence-corrected chi connectivity index (χ3v) is 3.14. The summed E-state index contributed by atoms with van der Waals surface area (Å²) in [6.45, 7) is 14.9. The Bertz CT molecular complexity index is 155. The Morgan fingerprint density at radius 2 is 1.00 bits per heavy atom. The second-order valence-corrected chi connectivity index (χ2v) is 5.68. The van der Waals surface area contributed by atoms with Gasteiger partial charge in [-0.15, -0.1) is 0 Å². The fourth-order valence-corrected chi connectivity index (χ4v) is 1.46. The molecule has 0 unspecified atom stereocenters. The SMILES string of the molecule is CC(C)(C)C(C)(N=N)C(C)(C)C. The van der Waals surface area contributed by atoms with Gasteiger partial charge in [0.15, 0.2) is 0 Å². The molecule has 0 saturated heterocycles. The maximum Gasteiger partial charge on any atom is 0.0881 e. The second-order valence-electron chi connectivity index (χ2n) is 5.68. The molecule has 0 bridgehead atoms. The van der Waals surface area contributed by atoms with Gasteiger partial charge >= 0.3 is 0 Å². The lowest BCUT2D eigenvalue weighted by atomic mass is 9.62. The summed E-state index contributed by atoms with van der Waals surface area (Å²) in [5.74, 6) is 0. The van der Waals surface area contributed by atoms with Crippen molar-refractivity contribution in [3.8, 4) is 0 Å². The molecule has 0 aliphatic heterocycles. The van der Waals surface area contributed by atoms with Gasteiger partial charge in [0.1, 0.15) is 0 Å². The third kappa shape index (κ3) is 1.67. The van der Waals surface area contributed by atoms with Crippen LogP contribution >= 0.6 is 0 Å². The minimum absolute atomic E-state index is 0.0347. The normalized spacial score (nSPS) is 14.6. The van der Waals surface area contributed by atoms with Crippen molar-refractivity contribution in [1.29, 1.82) is 5.53 Å². The molecule has 0 aliphatic carbocycles. The van der Waals surface area contributed by atoms with Crippen LogP contribution in [-0.4, -0.2) is 5.54 Å². The molecule has 0 rings (SSSR count). The van der Waals surface area contributed by atoms with Crippen molar-refractivity contribution in [3.63, 3.8) is 0 Å². The minimum atomic E-state index is -0.292. The van der Waals surface area contributed by atoms with E-state index in [-0.39, 0.29) is 16.4 Å². The fourth-order valence-electron chi connectivity index (χ4n) is 1.46. The summed E-state index contributed by atoms with van der Waals surface area (Å²) in [7, 11) is 0. The smallest absolute Gasteiger partial charge is 0.0881 e. The fraction of sp³-hybridized carbons (Fsp3) is 1.00. The molecule has 0 atom stereocenters. The largest absolute Gasteiger partial charge is 0.209 e. The quantitative estimate of drug-likeness (QED) is 0.580. The van der Waals surface area contributed by atoms with Crippen molar-refractivity contribution in [2.75, 3.05) is 0 Å². The van der Waals surface area contributed by atoms with E-state index in [4.69, 9.17) is 5.53 Å². The van der Waals surface area contributed by atoms with Crippen LogP contribution in [0, 0.1) is 16.4 Å². The van der Waals surface area contributed by atoms with Gasteiger partial charge in [-0.05, 0) is 17.8 Å². The van der Waals surface area contributed by atoms with E-state index in [1.54, 1.807) is 0 Å². The molecule has 2 heteroatoms. The standard InChI is InChI=1S/C10H22N2/c1-8(2,3)10(7,12-11)9(4,5)6/h11H,1-7H3. The number of hydrogen-bond acceptors (Lipinski definition) is 2. The highest BCUT2D eigenvalue weighted by Gasteiger charge is 2.46. The number of nitrogens with zero attached hydrogens (tertiary/aromatic N) is 1. The first-order valence-electron chi connectivity index (χ1n) is 4.45. The Morgan fingerprint density at radius 3 is 1.00 bits per heavy atom. The van der Waals surface area contributed by atoms with E-state index in [0.717, 1.165) is 0 Å². The molecule has 0 aromatic carbocycles. The van der Waals surface area contributed by atoms with Gasteiger partial charge < -0.3 is 0 Å². The van der Waals surface area contributed by atoms with Gasteiger partial charge in [0.25, 0.3) is 0 Å². The highest BCUT2D eigenvalue weighted by Crippen LogP contribution is 2.46. The van der Waals surface area contributed by atoms with Crippen LogP contribution in [0.1, 0.15) is 48.5 Å². The van der Waals surface area contributed by atoms with E-state index >= 15 is 0 Å². The lowest BCUT2D eigenvalue weighted by molar-refractivity contribution is 0.0703. The molecule has 0 radical (unpaired) electrons. The molecular weight excluding hydrogens is 148 g/mol. The molecule has 0 aromatic rings.